The zero-order valence-corrected chi connectivity index (χ0v) is 14.8. The number of rotatable bonds is 6. The predicted molar refractivity (Wildman–Crippen MR) is 98.8 cm³/mol. The van der Waals surface area contributed by atoms with Gasteiger partial charge in [-0.25, -0.2) is 9.18 Å². The molecule has 0 atom stereocenters. The number of carbonyl (C=O) groups is 1. The Kier molecular flexibility index (Phi) is 5.58. The first-order chi connectivity index (χ1) is 12.6. The normalized spacial score (nSPS) is 10.6. The maximum absolute atomic E-state index is 13.2. The molecule has 0 aliphatic carbocycles. The van der Waals surface area contributed by atoms with Crippen molar-refractivity contribution in [1.29, 1.82) is 0 Å². The molecule has 0 bridgehead atoms. The van der Waals surface area contributed by atoms with Crippen LogP contribution < -0.4 is 5.32 Å². The molecule has 1 aromatic heterocycles. The Morgan fingerprint density at radius 1 is 1.15 bits per heavy atom. The fourth-order valence-electron chi connectivity index (χ4n) is 2.41. The molecule has 0 saturated carbocycles. The van der Waals surface area contributed by atoms with Crippen LogP contribution in [0.1, 0.15) is 23.0 Å². The number of halogens is 2. The van der Waals surface area contributed by atoms with E-state index in [1.165, 1.54) is 12.1 Å². The Morgan fingerprint density at radius 2 is 1.92 bits per heavy atom. The lowest BCUT2D eigenvalue weighted by Crippen LogP contribution is -2.05. The Morgan fingerprint density at radius 3 is 2.62 bits per heavy atom. The van der Waals surface area contributed by atoms with E-state index < -0.39 is 5.82 Å². The maximum Gasteiger partial charge on any atom is 0.338 e. The summed E-state index contributed by atoms with van der Waals surface area (Å²) in [7, 11) is 0. The number of esters is 1. The largest absolute Gasteiger partial charge is 0.462 e. The summed E-state index contributed by atoms with van der Waals surface area (Å²) in [6, 6.07) is 15.1. The first-order valence-corrected chi connectivity index (χ1v) is 8.50. The summed E-state index contributed by atoms with van der Waals surface area (Å²) in [4.78, 5) is 11.6. The van der Waals surface area contributed by atoms with Crippen molar-refractivity contribution in [2.24, 2.45) is 0 Å². The smallest absolute Gasteiger partial charge is 0.338 e. The quantitative estimate of drug-likeness (QED) is 0.577. The molecule has 3 rings (SSSR count). The average molecular weight is 374 g/mol. The van der Waals surface area contributed by atoms with E-state index in [0.29, 0.717) is 30.0 Å². The Balaban J connectivity index is 1.63. The van der Waals surface area contributed by atoms with E-state index in [0.717, 1.165) is 11.4 Å². The van der Waals surface area contributed by atoms with Crippen LogP contribution in [-0.4, -0.2) is 12.6 Å². The summed E-state index contributed by atoms with van der Waals surface area (Å²) in [6.45, 7) is 2.58. The number of carbonyl (C=O) groups excluding carboxylic acids is 1. The molecule has 0 radical (unpaired) electrons. The highest BCUT2D eigenvalue weighted by molar-refractivity contribution is 6.31. The van der Waals surface area contributed by atoms with Gasteiger partial charge in [0, 0.05) is 11.3 Å². The number of anilines is 1. The molecule has 2 aromatic carbocycles. The zero-order chi connectivity index (χ0) is 18.5. The van der Waals surface area contributed by atoms with Crippen LogP contribution >= 0.6 is 11.6 Å². The van der Waals surface area contributed by atoms with E-state index in [4.69, 9.17) is 20.8 Å². The highest BCUT2D eigenvalue weighted by Gasteiger charge is 2.09. The van der Waals surface area contributed by atoms with Gasteiger partial charge in [0.05, 0.1) is 23.7 Å². The van der Waals surface area contributed by atoms with E-state index in [1.807, 2.05) is 12.1 Å². The van der Waals surface area contributed by atoms with Crippen LogP contribution in [0.2, 0.25) is 5.02 Å². The number of nitrogens with one attached hydrogen (secondary N) is 1. The summed E-state index contributed by atoms with van der Waals surface area (Å²) in [5, 5.41) is 3.27. The Hall–Kier alpha value is -2.79. The maximum atomic E-state index is 13.2. The van der Waals surface area contributed by atoms with Gasteiger partial charge in [0.2, 0.25) is 0 Å². The summed E-state index contributed by atoms with van der Waals surface area (Å²) < 4.78 is 24.0. The Bertz CT molecular complexity index is 906. The fraction of sp³-hybridized carbons (Fsp3) is 0.150. The van der Waals surface area contributed by atoms with Gasteiger partial charge in [0.15, 0.2) is 0 Å². The van der Waals surface area contributed by atoms with Gasteiger partial charge in [-0.05, 0) is 61.5 Å². The highest BCUT2D eigenvalue weighted by Crippen LogP contribution is 2.27. The van der Waals surface area contributed by atoms with E-state index in [9.17, 15) is 9.18 Å². The van der Waals surface area contributed by atoms with Gasteiger partial charge in [-0.15, -0.1) is 0 Å². The molecule has 4 nitrogen and oxygen atoms in total. The van der Waals surface area contributed by atoms with Gasteiger partial charge in [-0.2, -0.15) is 0 Å². The first-order valence-electron chi connectivity index (χ1n) is 8.12. The van der Waals surface area contributed by atoms with Crippen molar-refractivity contribution in [3.63, 3.8) is 0 Å². The lowest BCUT2D eigenvalue weighted by Gasteiger charge is -2.06. The van der Waals surface area contributed by atoms with Crippen LogP contribution in [0.4, 0.5) is 10.1 Å². The summed E-state index contributed by atoms with van der Waals surface area (Å²) in [5.74, 6) is 0.527. The molecule has 6 heteroatoms. The molecule has 0 aliphatic heterocycles. The SMILES string of the molecule is CCOC(=O)c1ccc(NCc2ccc(-c3ccc(F)c(Cl)c3)o2)cc1. The monoisotopic (exact) mass is 373 g/mol. The topological polar surface area (TPSA) is 51.5 Å². The highest BCUT2D eigenvalue weighted by atomic mass is 35.5. The van der Waals surface area contributed by atoms with Crippen molar-refractivity contribution in [2.45, 2.75) is 13.5 Å². The minimum atomic E-state index is -0.463. The van der Waals surface area contributed by atoms with Crippen LogP contribution in [-0.2, 0) is 11.3 Å². The summed E-state index contributed by atoms with van der Waals surface area (Å²) in [5.41, 5.74) is 2.06. The molecule has 0 saturated heterocycles. The van der Waals surface area contributed by atoms with E-state index in [2.05, 4.69) is 5.32 Å². The second-order valence-electron chi connectivity index (χ2n) is 5.55. The molecule has 1 heterocycles. The number of hydrogen-bond acceptors (Lipinski definition) is 4. The van der Waals surface area contributed by atoms with Crippen molar-refractivity contribution in [3.8, 4) is 11.3 Å². The van der Waals surface area contributed by atoms with Gasteiger partial charge in [-0.1, -0.05) is 11.6 Å². The molecule has 0 spiro atoms. The third kappa shape index (κ3) is 4.24. The Labute approximate surface area is 155 Å². The molecule has 134 valence electrons. The molecule has 0 amide bonds. The zero-order valence-electron chi connectivity index (χ0n) is 14.1. The lowest BCUT2D eigenvalue weighted by molar-refractivity contribution is 0.0526. The second-order valence-corrected chi connectivity index (χ2v) is 5.95. The number of furan rings is 1. The third-order valence-corrected chi connectivity index (χ3v) is 4.02. The summed E-state index contributed by atoms with van der Waals surface area (Å²) >= 11 is 5.80. The third-order valence-electron chi connectivity index (χ3n) is 3.73. The molecule has 0 aliphatic rings. The van der Waals surface area contributed by atoms with Gasteiger partial charge in [0.25, 0.3) is 0 Å². The number of ether oxygens (including phenoxy) is 1. The fourth-order valence-corrected chi connectivity index (χ4v) is 2.59. The van der Waals surface area contributed by atoms with Crippen LogP contribution in [0.5, 0.6) is 0 Å². The summed E-state index contributed by atoms with van der Waals surface area (Å²) in [6.07, 6.45) is 0. The number of benzene rings is 2. The molecule has 0 unspecified atom stereocenters. The molecule has 3 aromatic rings. The van der Waals surface area contributed by atoms with Crippen LogP contribution in [0.25, 0.3) is 11.3 Å². The van der Waals surface area contributed by atoms with E-state index in [-0.39, 0.29) is 11.0 Å². The van der Waals surface area contributed by atoms with Crippen molar-refractivity contribution >= 4 is 23.3 Å². The van der Waals surface area contributed by atoms with Crippen LogP contribution in [0.3, 0.4) is 0 Å². The lowest BCUT2D eigenvalue weighted by atomic mass is 10.2. The van der Waals surface area contributed by atoms with Crippen molar-refractivity contribution < 1.29 is 18.3 Å². The molecular weight excluding hydrogens is 357 g/mol. The molecular formula is C20H17ClFNO3. The predicted octanol–water partition coefficient (Wildman–Crippen LogP) is 5.53. The van der Waals surface area contributed by atoms with Crippen molar-refractivity contribution in [2.75, 3.05) is 11.9 Å². The average Bonchev–Trinajstić information content (AvgIpc) is 3.12. The van der Waals surface area contributed by atoms with Gasteiger partial charge in [-0.3, -0.25) is 0 Å². The van der Waals surface area contributed by atoms with Crippen molar-refractivity contribution in [3.05, 3.63) is 76.8 Å². The number of hydrogen-bond donors (Lipinski definition) is 1. The van der Waals surface area contributed by atoms with Crippen LogP contribution in [0, 0.1) is 5.82 Å². The standard InChI is InChI=1S/C20H17ClFNO3/c1-2-25-20(24)13-3-6-15(7-4-13)23-12-16-8-10-19(26-16)14-5-9-18(22)17(21)11-14/h3-11,23H,2,12H2,1H3. The molecule has 26 heavy (non-hydrogen) atoms. The molecule has 1 N–H and O–H groups in total. The van der Waals surface area contributed by atoms with E-state index >= 15 is 0 Å². The van der Waals surface area contributed by atoms with Gasteiger partial charge < -0.3 is 14.5 Å². The van der Waals surface area contributed by atoms with Gasteiger partial charge in [0.1, 0.15) is 17.3 Å². The van der Waals surface area contributed by atoms with E-state index in [1.54, 1.807) is 37.3 Å². The molecule has 0 fully saturated rings. The van der Waals surface area contributed by atoms with Crippen LogP contribution in [0.15, 0.2) is 59.0 Å². The first kappa shape index (κ1) is 18.0. The minimum Gasteiger partial charge on any atom is -0.462 e. The second kappa shape index (κ2) is 8.06. The minimum absolute atomic E-state index is 0.0558. The van der Waals surface area contributed by atoms with Crippen molar-refractivity contribution in [1.82, 2.24) is 0 Å². The van der Waals surface area contributed by atoms with Gasteiger partial charge >= 0.3 is 5.97 Å².